The fraction of sp³-hybridized carbons (Fsp3) is 0.786. The summed E-state index contributed by atoms with van der Waals surface area (Å²) in [6.07, 6.45) is 4.45. The van der Waals surface area contributed by atoms with Crippen LogP contribution < -0.4 is 5.73 Å². The first-order valence-electron chi connectivity index (χ1n) is 7.08. The van der Waals surface area contributed by atoms with Gasteiger partial charge < -0.3 is 5.73 Å². The SMILES string of the molecule is CC(N)C1CCCN(Cc2ccnn2C(C)C)C1. The number of rotatable bonds is 4. The second-order valence-electron chi connectivity index (χ2n) is 5.86. The van der Waals surface area contributed by atoms with Crippen LogP contribution in [0.1, 0.15) is 45.3 Å². The standard InChI is InChI=1S/C14H26N4/c1-11(2)18-14(6-7-16-18)10-17-8-4-5-13(9-17)12(3)15/h6-7,11-13H,4-5,8-10,15H2,1-3H3. The average molecular weight is 250 g/mol. The third kappa shape index (κ3) is 3.12. The summed E-state index contributed by atoms with van der Waals surface area (Å²) < 4.78 is 2.12. The van der Waals surface area contributed by atoms with Crippen molar-refractivity contribution in [3.8, 4) is 0 Å². The van der Waals surface area contributed by atoms with Crippen molar-refractivity contribution in [2.75, 3.05) is 13.1 Å². The number of nitrogens with two attached hydrogens (primary N) is 1. The maximum absolute atomic E-state index is 6.04. The van der Waals surface area contributed by atoms with Crippen LogP contribution in [0.2, 0.25) is 0 Å². The van der Waals surface area contributed by atoms with E-state index in [2.05, 4.69) is 41.5 Å². The Morgan fingerprint density at radius 2 is 2.22 bits per heavy atom. The van der Waals surface area contributed by atoms with Crippen LogP contribution in [-0.4, -0.2) is 33.8 Å². The summed E-state index contributed by atoms with van der Waals surface area (Å²) in [6, 6.07) is 2.88. The quantitative estimate of drug-likeness (QED) is 0.889. The van der Waals surface area contributed by atoms with Crippen molar-refractivity contribution in [3.63, 3.8) is 0 Å². The van der Waals surface area contributed by atoms with Gasteiger partial charge in [-0.15, -0.1) is 0 Å². The van der Waals surface area contributed by atoms with E-state index in [0.29, 0.717) is 18.0 Å². The first kappa shape index (κ1) is 13.6. The highest BCUT2D eigenvalue weighted by Crippen LogP contribution is 2.21. The molecule has 0 aliphatic carbocycles. The van der Waals surface area contributed by atoms with E-state index >= 15 is 0 Å². The van der Waals surface area contributed by atoms with Crippen molar-refractivity contribution >= 4 is 0 Å². The lowest BCUT2D eigenvalue weighted by Gasteiger charge is -2.34. The molecule has 2 atom stereocenters. The van der Waals surface area contributed by atoms with E-state index in [1.807, 2.05) is 6.20 Å². The summed E-state index contributed by atoms with van der Waals surface area (Å²) in [5.74, 6) is 0.647. The second-order valence-corrected chi connectivity index (χ2v) is 5.86. The van der Waals surface area contributed by atoms with E-state index in [-0.39, 0.29) is 0 Å². The maximum Gasteiger partial charge on any atom is 0.0527 e. The third-order valence-electron chi connectivity index (χ3n) is 3.91. The predicted molar refractivity (Wildman–Crippen MR) is 74.3 cm³/mol. The molecule has 2 rings (SSSR count). The zero-order chi connectivity index (χ0) is 13.1. The van der Waals surface area contributed by atoms with Gasteiger partial charge in [0.1, 0.15) is 0 Å². The van der Waals surface area contributed by atoms with Crippen LogP contribution in [-0.2, 0) is 6.54 Å². The van der Waals surface area contributed by atoms with Crippen molar-refractivity contribution in [2.45, 2.75) is 52.2 Å². The molecule has 1 aromatic rings. The lowest BCUT2D eigenvalue weighted by molar-refractivity contribution is 0.150. The van der Waals surface area contributed by atoms with Gasteiger partial charge in [-0.2, -0.15) is 5.10 Å². The molecule has 1 fully saturated rings. The molecule has 4 heteroatoms. The largest absolute Gasteiger partial charge is 0.328 e. The first-order valence-corrected chi connectivity index (χ1v) is 7.08. The maximum atomic E-state index is 6.04. The molecule has 1 aliphatic heterocycles. The van der Waals surface area contributed by atoms with E-state index in [0.717, 1.165) is 13.1 Å². The van der Waals surface area contributed by atoms with E-state index in [9.17, 15) is 0 Å². The van der Waals surface area contributed by atoms with Gasteiger partial charge in [-0.05, 0) is 52.1 Å². The van der Waals surface area contributed by atoms with Crippen LogP contribution in [0.15, 0.2) is 12.3 Å². The highest BCUT2D eigenvalue weighted by atomic mass is 15.3. The van der Waals surface area contributed by atoms with Gasteiger partial charge in [0.2, 0.25) is 0 Å². The smallest absolute Gasteiger partial charge is 0.0527 e. The molecule has 0 aromatic carbocycles. The number of likely N-dealkylation sites (tertiary alicyclic amines) is 1. The molecule has 0 bridgehead atoms. The van der Waals surface area contributed by atoms with Crippen LogP contribution in [0.3, 0.4) is 0 Å². The molecule has 0 amide bonds. The van der Waals surface area contributed by atoms with Crippen molar-refractivity contribution in [2.24, 2.45) is 11.7 Å². The second kappa shape index (κ2) is 5.85. The van der Waals surface area contributed by atoms with Crippen LogP contribution >= 0.6 is 0 Å². The molecule has 1 aliphatic rings. The van der Waals surface area contributed by atoms with Crippen LogP contribution in [0.5, 0.6) is 0 Å². The molecule has 4 nitrogen and oxygen atoms in total. The lowest BCUT2D eigenvalue weighted by Crippen LogP contribution is -2.42. The van der Waals surface area contributed by atoms with Gasteiger partial charge in [-0.3, -0.25) is 9.58 Å². The Kier molecular flexibility index (Phi) is 4.40. The van der Waals surface area contributed by atoms with Crippen molar-refractivity contribution in [1.29, 1.82) is 0 Å². The van der Waals surface area contributed by atoms with Crippen molar-refractivity contribution < 1.29 is 0 Å². The molecule has 2 unspecified atom stereocenters. The molecule has 0 saturated carbocycles. The lowest BCUT2D eigenvalue weighted by atomic mass is 9.92. The molecule has 102 valence electrons. The monoisotopic (exact) mass is 250 g/mol. The number of aromatic nitrogens is 2. The minimum Gasteiger partial charge on any atom is -0.328 e. The first-order chi connectivity index (χ1) is 8.58. The Labute approximate surface area is 110 Å². The summed E-state index contributed by atoms with van der Waals surface area (Å²) in [4.78, 5) is 2.52. The fourth-order valence-corrected chi connectivity index (χ4v) is 2.83. The molecule has 2 heterocycles. The van der Waals surface area contributed by atoms with E-state index in [4.69, 9.17) is 5.73 Å². The third-order valence-corrected chi connectivity index (χ3v) is 3.91. The van der Waals surface area contributed by atoms with Crippen LogP contribution in [0.25, 0.3) is 0 Å². The number of piperidine rings is 1. The molecular formula is C14H26N4. The summed E-state index contributed by atoms with van der Waals surface area (Å²) in [6.45, 7) is 9.80. The Bertz CT molecular complexity index is 370. The van der Waals surface area contributed by atoms with Crippen molar-refractivity contribution in [3.05, 3.63) is 18.0 Å². The van der Waals surface area contributed by atoms with Gasteiger partial charge in [-0.25, -0.2) is 0 Å². The molecule has 0 radical (unpaired) electrons. The predicted octanol–water partition coefficient (Wildman–Crippen LogP) is 2.02. The van der Waals surface area contributed by atoms with Crippen molar-refractivity contribution in [1.82, 2.24) is 14.7 Å². The van der Waals surface area contributed by atoms with Gasteiger partial charge in [-0.1, -0.05) is 0 Å². The average Bonchev–Trinajstić information content (AvgIpc) is 2.77. The van der Waals surface area contributed by atoms with Crippen LogP contribution in [0.4, 0.5) is 0 Å². The summed E-state index contributed by atoms with van der Waals surface area (Å²) >= 11 is 0. The number of hydrogen-bond donors (Lipinski definition) is 1. The number of hydrogen-bond acceptors (Lipinski definition) is 3. The van der Waals surface area contributed by atoms with E-state index in [1.165, 1.54) is 25.1 Å². The highest BCUT2D eigenvalue weighted by Gasteiger charge is 2.23. The van der Waals surface area contributed by atoms with Gasteiger partial charge in [0.15, 0.2) is 0 Å². The molecule has 0 spiro atoms. The summed E-state index contributed by atoms with van der Waals surface area (Å²) in [5.41, 5.74) is 7.35. The zero-order valence-electron chi connectivity index (χ0n) is 11.8. The van der Waals surface area contributed by atoms with Gasteiger partial charge in [0, 0.05) is 31.4 Å². The minimum atomic E-state index is 0.308. The van der Waals surface area contributed by atoms with Gasteiger partial charge in [0.05, 0.1) is 5.69 Å². The number of nitrogens with zero attached hydrogens (tertiary/aromatic N) is 3. The normalized spacial score (nSPS) is 23.5. The Morgan fingerprint density at radius 3 is 2.89 bits per heavy atom. The zero-order valence-corrected chi connectivity index (χ0v) is 11.8. The molecule has 2 N–H and O–H groups in total. The Hall–Kier alpha value is -0.870. The Balaban J connectivity index is 1.98. The van der Waals surface area contributed by atoms with E-state index in [1.54, 1.807) is 0 Å². The van der Waals surface area contributed by atoms with E-state index < -0.39 is 0 Å². The highest BCUT2D eigenvalue weighted by molar-refractivity contribution is 5.02. The molecule has 1 saturated heterocycles. The topological polar surface area (TPSA) is 47.1 Å². The van der Waals surface area contributed by atoms with Crippen LogP contribution in [0, 0.1) is 5.92 Å². The minimum absolute atomic E-state index is 0.308. The fourth-order valence-electron chi connectivity index (χ4n) is 2.83. The molecule has 18 heavy (non-hydrogen) atoms. The Morgan fingerprint density at radius 1 is 1.44 bits per heavy atom. The molecular weight excluding hydrogens is 224 g/mol. The van der Waals surface area contributed by atoms with Gasteiger partial charge in [0.25, 0.3) is 0 Å². The molecule has 1 aromatic heterocycles. The van der Waals surface area contributed by atoms with Gasteiger partial charge >= 0.3 is 0 Å². The summed E-state index contributed by atoms with van der Waals surface area (Å²) in [7, 11) is 0. The summed E-state index contributed by atoms with van der Waals surface area (Å²) in [5, 5.41) is 4.40.